The van der Waals surface area contributed by atoms with Crippen molar-refractivity contribution in [2.45, 2.75) is 19.5 Å². The van der Waals surface area contributed by atoms with Crippen LogP contribution in [0.2, 0.25) is 0 Å². The molecule has 0 bridgehead atoms. The first-order valence-corrected chi connectivity index (χ1v) is 6.77. The average molecular weight is 301 g/mol. The second kappa shape index (κ2) is 6.20. The maximum absolute atomic E-state index is 11.8. The molecular formula is C13H15N7O2. The average Bonchev–Trinajstić information content (AvgIpc) is 3.15. The maximum atomic E-state index is 11.8. The number of rotatable bonds is 6. The number of carbonyl (C=O) groups is 1. The molecular weight excluding hydrogens is 286 g/mol. The molecule has 0 unspecified atom stereocenters. The van der Waals surface area contributed by atoms with Gasteiger partial charge in [0.25, 0.3) is 5.91 Å². The van der Waals surface area contributed by atoms with Gasteiger partial charge in [-0.25, -0.2) is 0 Å². The maximum Gasteiger partial charge on any atom is 0.258 e. The fourth-order valence-electron chi connectivity index (χ4n) is 1.98. The zero-order valence-corrected chi connectivity index (χ0v) is 12.0. The Morgan fingerprint density at radius 3 is 3.18 bits per heavy atom. The molecule has 3 aromatic rings. The van der Waals surface area contributed by atoms with Gasteiger partial charge in [-0.05, 0) is 19.1 Å². The van der Waals surface area contributed by atoms with Crippen LogP contribution in [0, 0.1) is 0 Å². The summed E-state index contributed by atoms with van der Waals surface area (Å²) in [4.78, 5) is 11.8. The van der Waals surface area contributed by atoms with Crippen LogP contribution in [0.1, 0.15) is 6.92 Å². The van der Waals surface area contributed by atoms with Crippen molar-refractivity contribution in [3.8, 4) is 5.88 Å². The molecule has 0 aliphatic heterocycles. The Balaban J connectivity index is 1.49. The Kier molecular flexibility index (Phi) is 3.95. The predicted molar refractivity (Wildman–Crippen MR) is 76.1 cm³/mol. The fourth-order valence-corrected chi connectivity index (χ4v) is 1.98. The summed E-state index contributed by atoms with van der Waals surface area (Å²) < 4.78 is 8.60. The number of aromatic nitrogens is 6. The smallest absolute Gasteiger partial charge is 0.258 e. The van der Waals surface area contributed by atoms with Crippen molar-refractivity contribution in [3.63, 3.8) is 0 Å². The fraction of sp³-hybridized carbons (Fsp3) is 0.308. The molecule has 0 fully saturated rings. The number of hydrogen-bond donors (Lipinski definition) is 1. The lowest BCUT2D eigenvalue weighted by molar-refractivity contribution is -0.123. The minimum absolute atomic E-state index is 0.0516. The lowest BCUT2D eigenvalue weighted by atomic mass is 10.3. The van der Waals surface area contributed by atoms with E-state index in [0.717, 1.165) is 0 Å². The van der Waals surface area contributed by atoms with Gasteiger partial charge in [-0.3, -0.25) is 9.48 Å². The molecule has 0 saturated heterocycles. The van der Waals surface area contributed by atoms with Crippen molar-refractivity contribution >= 4 is 11.6 Å². The Labute approximate surface area is 125 Å². The quantitative estimate of drug-likeness (QED) is 0.683. The van der Waals surface area contributed by atoms with Crippen molar-refractivity contribution in [1.82, 2.24) is 34.9 Å². The van der Waals surface area contributed by atoms with Crippen LogP contribution in [-0.4, -0.2) is 48.1 Å². The van der Waals surface area contributed by atoms with Gasteiger partial charge in [-0.1, -0.05) is 0 Å². The van der Waals surface area contributed by atoms with Gasteiger partial charge in [-0.15, -0.1) is 15.3 Å². The number of hydrogen-bond acceptors (Lipinski definition) is 6. The third-order valence-corrected chi connectivity index (χ3v) is 2.92. The van der Waals surface area contributed by atoms with E-state index in [1.165, 1.54) is 10.8 Å². The zero-order valence-electron chi connectivity index (χ0n) is 12.0. The topological polar surface area (TPSA) is 99.2 Å². The van der Waals surface area contributed by atoms with Crippen LogP contribution >= 0.6 is 0 Å². The molecule has 3 rings (SSSR count). The van der Waals surface area contributed by atoms with Gasteiger partial charge in [0.05, 0.1) is 6.54 Å². The van der Waals surface area contributed by atoms with E-state index in [-0.39, 0.29) is 18.6 Å². The lowest BCUT2D eigenvalue weighted by Crippen LogP contribution is -2.38. The Bertz CT molecular complexity index is 753. The standard InChI is InChI=1S/C13H15N7O2/c1-10(7-19-6-2-5-15-19)16-12(21)8-22-13-4-3-11-17-14-9-20(11)18-13/h2-6,9-10H,7-8H2,1H3,(H,16,21)/t10-/m1/s1. The summed E-state index contributed by atoms with van der Waals surface area (Å²) in [5.74, 6) is 0.118. The Morgan fingerprint density at radius 2 is 2.36 bits per heavy atom. The molecule has 9 heteroatoms. The van der Waals surface area contributed by atoms with E-state index in [0.29, 0.717) is 18.1 Å². The van der Waals surface area contributed by atoms with Crippen molar-refractivity contribution in [1.29, 1.82) is 0 Å². The van der Waals surface area contributed by atoms with Gasteiger partial charge >= 0.3 is 0 Å². The minimum atomic E-state index is -0.217. The minimum Gasteiger partial charge on any atom is -0.467 e. The van der Waals surface area contributed by atoms with E-state index >= 15 is 0 Å². The highest BCUT2D eigenvalue weighted by Gasteiger charge is 2.09. The van der Waals surface area contributed by atoms with E-state index in [2.05, 4.69) is 25.7 Å². The SMILES string of the molecule is C[C@H](Cn1cccn1)NC(=O)COc1ccc2nncn2n1. The first-order chi connectivity index (χ1) is 10.7. The largest absolute Gasteiger partial charge is 0.467 e. The predicted octanol–water partition coefficient (Wildman–Crippen LogP) is -0.0955. The summed E-state index contributed by atoms with van der Waals surface area (Å²) in [6.45, 7) is 2.40. The van der Waals surface area contributed by atoms with Crippen molar-refractivity contribution in [3.05, 3.63) is 36.9 Å². The summed E-state index contributed by atoms with van der Waals surface area (Å²) in [7, 11) is 0. The van der Waals surface area contributed by atoms with Crippen LogP contribution in [0.3, 0.4) is 0 Å². The first kappa shape index (κ1) is 14.0. The summed E-state index contributed by atoms with van der Waals surface area (Å²) in [5, 5.41) is 18.6. The molecule has 1 amide bonds. The lowest BCUT2D eigenvalue weighted by Gasteiger charge is -2.14. The van der Waals surface area contributed by atoms with Gasteiger partial charge in [0.2, 0.25) is 5.88 Å². The number of fused-ring (bicyclic) bond motifs is 1. The molecule has 1 N–H and O–H groups in total. The second-order valence-electron chi connectivity index (χ2n) is 4.79. The molecule has 0 radical (unpaired) electrons. The highest BCUT2D eigenvalue weighted by Crippen LogP contribution is 2.06. The molecule has 0 aromatic carbocycles. The molecule has 0 spiro atoms. The number of nitrogens with zero attached hydrogens (tertiary/aromatic N) is 6. The summed E-state index contributed by atoms with van der Waals surface area (Å²) in [6.07, 6.45) is 5.01. The highest BCUT2D eigenvalue weighted by molar-refractivity contribution is 5.77. The molecule has 3 aromatic heterocycles. The molecule has 22 heavy (non-hydrogen) atoms. The van der Waals surface area contributed by atoms with Crippen LogP contribution < -0.4 is 10.1 Å². The molecule has 0 aliphatic carbocycles. The van der Waals surface area contributed by atoms with E-state index in [1.54, 1.807) is 23.0 Å². The summed E-state index contributed by atoms with van der Waals surface area (Å²) >= 11 is 0. The third-order valence-electron chi connectivity index (χ3n) is 2.92. The van der Waals surface area contributed by atoms with Crippen LogP contribution in [0.15, 0.2) is 36.9 Å². The summed E-state index contributed by atoms with van der Waals surface area (Å²) in [5.41, 5.74) is 0.615. The van der Waals surface area contributed by atoms with Crippen LogP contribution in [0.5, 0.6) is 5.88 Å². The van der Waals surface area contributed by atoms with Gasteiger partial charge in [0.15, 0.2) is 12.3 Å². The Hall–Kier alpha value is -2.97. The van der Waals surface area contributed by atoms with Gasteiger partial charge < -0.3 is 10.1 Å². The zero-order chi connectivity index (χ0) is 15.4. The number of carbonyl (C=O) groups excluding carboxylic acids is 1. The van der Waals surface area contributed by atoms with Crippen molar-refractivity contribution < 1.29 is 9.53 Å². The van der Waals surface area contributed by atoms with E-state index in [4.69, 9.17) is 4.74 Å². The Morgan fingerprint density at radius 1 is 1.45 bits per heavy atom. The molecule has 114 valence electrons. The highest BCUT2D eigenvalue weighted by atomic mass is 16.5. The van der Waals surface area contributed by atoms with E-state index in [9.17, 15) is 4.79 Å². The monoisotopic (exact) mass is 301 g/mol. The van der Waals surface area contributed by atoms with Crippen LogP contribution in [0.4, 0.5) is 0 Å². The second-order valence-corrected chi connectivity index (χ2v) is 4.79. The van der Waals surface area contributed by atoms with Gasteiger partial charge in [-0.2, -0.15) is 9.61 Å². The molecule has 9 nitrogen and oxygen atoms in total. The molecule has 0 saturated carbocycles. The van der Waals surface area contributed by atoms with Crippen LogP contribution in [-0.2, 0) is 11.3 Å². The number of amides is 1. The van der Waals surface area contributed by atoms with Gasteiger partial charge in [0, 0.05) is 24.5 Å². The molecule has 1 atom stereocenters. The molecule has 3 heterocycles. The van der Waals surface area contributed by atoms with E-state index in [1.807, 2.05) is 19.2 Å². The molecule has 0 aliphatic rings. The van der Waals surface area contributed by atoms with Crippen LogP contribution in [0.25, 0.3) is 5.65 Å². The summed E-state index contributed by atoms with van der Waals surface area (Å²) in [6, 6.07) is 5.15. The normalized spacial score (nSPS) is 12.2. The van der Waals surface area contributed by atoms with Crippen molar-refractivity contribution in [2.24, 2.45) is 0 Å². The van der Waals surface area contributed by atoms with Crippen molar-refractivity contribution in [2.75, 3.05) is 6.61 Å². The number of ether oxygens (including phenoxy) is 1. The first-order valence-electron chi connectivity index (χ1n) is 6.77. The number of nitrogens with one attached hydrogen (secondary N) is 1. The van der Waals surface area contributed by atoms with Gasteiger partial charge in [0.1, 0.15) is 6.33 Å². The third kappa shape index (κ3) is 3.37. The van der Waals surface area contributed by atoms with E-state index < -0.39 is 0 Å².